The summed E-state index contributed by atoms with van der Waals surface area (Å²) in [6, 6.07) is 7.69. The van der Waals surface area contributed by atoms with Gasteiger partial charge in [0.05, 0.1) is 6.04 Å². The lowest BCUT2D eigenvalue weighted by atomic mass is 10.0. The molecule has 0 aromatic heterocycles. The number of phenols is 1. The topological polar surface area (TPSA) is 43.8 Å². The van der Waals surface area contributed by atoms with Crippen molar-refractivity contribution in [2.45, 2.75) is 25.9 Å². The molecule has 0 radical (unpaired) electrons. The number of piperazine rings is 1. The van der Waals surface area contributed by atoms with E-state index in [1.807, 2.05) is 17.0 Å². The van der Waals surface area contributed by atoms with Crippen LogP contribution in [0.4, 0.5) is 0 Å². The van der Waals surface area contributed by atoms with E-state index in [4.69, 9.17) is 0 Å². The summed E-state index contributed by atoms with van der Waals surface area (Å²) in [5.74, 6) is 0.257. The summed E-state index contributed by atoms with van der Waals surface area (Å²) in [4.78, 5) is 15.4. The fourth-order valence-electron chi connectivity index (χ4n) is 2.41. The lowest BCUT2D eigenvalue weighted by molar-refractivity contribution is -0.123. The zero-order valence-electron chi connectivity index (χ0n) is 10.9. The number of hydrogen-bond donors (Lipinski definition) is 1. The Hall–Kier alpha value is -1.55. The van der Waals surface area contributed by atoms with Crippen LogP contribution in [0.2, 0.25) is 0 Å². The van der Waals surface area contributed by atoms with Gasteiger partial charge in [-0.25, -0.2) is 0 Å². The maximum Gasteiger partial charge on any atom is 0.210 e. The number of phenolic OH excluding ortho intramolecular Hbond substituents is 1. The van der Waals surface area contributed by atoms with Gasteiger partial charge in [0.1, 0.15) is 5.75 Å². The third kappa shape index (κ3) is 2.64. The Morgan fingerprint density at radius 2 is 1.94 bits per heavy atom. The van der Waals surface area contributed by atoms with E-state index in [1.54, 1.807) is 12.1 Å². The molecule has 1 aliphatic rings. The number of amides is 1. The number of aromatic hydroxyl groups is 1. The Morgan fingerprint density at radius 1 is 1.28 bits per heavy atom. The number of nitrogens with zero attached hydrogens (tertiary/aromatic N) is 2. The lowest BCUT2D eigenvalue weighted by Gasteiger charge is -2.41. The van der Waals surface area contributed by atoms with E-state index in [-0.39, 0.29) is 11.8 Å². The molecular weight excluding hydrogens is 228 g/mol. The lowest BCUT2D eigenvalue weighted by Crippen LogP contribution is -2.50. The Kier molecular flexibility index (Phi) is 3.87. The van der Waals surface area contributed by atoms with Gasteiger partial charge in [-0.2, -0.15) is 0 Å². The van der Waals surface area contributed by atoms with Crippen molar-refractivity contribution in [2.75, 3.05) is 19.6 Å². The predicted molar refractivity (Wildman–Crippen MR) is 70.3 cm³/mol. The van der Waals surface area contributed by atoms with Gasteiger partial charge in [0.25, 0.3) is 0 Å². The van der Waals surface area contributed by atoms with Gasteiger partial charge in [-0.3, -0.25) is 9.69 Å². The molecule has 18 heavy (non-hydrogen) atoms. The number of rotatable bonds is 3. The average Bonchev–Trinajstić information content (AvgIpc) is 2.39. The van der Waals surface area contributed by atoms with E-state index < -0.39 is 0 Å². The maximum absolute atomic E-state index is 11.1. The highest BCUT2D eigenvalue weighted by Crippen LogP contribution is 2.26. The van der Waals surface area contributed by atoms with Crippen molar-refractivity contribution in [3.63, 3.8) is 0 Å². The van der Waals surface area contributed by atoms with Gasteiger partial charge in [0.2, 0.25) is 6.41 Å². The third-order valence-corrected chi connectivity index (χ3v) is 3.60. The molecule has 1 amide bonds. The molecule has 1 fully saturated rings. The van der Waals surface area contributed by atoms with Gasteiger partial charge in [0, 0.05) is 25.7 Å². The maximum atomic E-state index is 11.1. The van der Waals surface area contributed by atoms with Crippen LogP contribution in [0.3, 0.4) is 0 Å². The normalized spacial score (nSPS) is 21.3. The van der Waals surface area contributed by atoms with Crippen LogP contribution in [-0.4, -0.2) is 47.0 Å². The van der Waals surface area contributed by atoms with E-state index >= 15 is 0 Å². The molecule has 2 rings (SSSR count). The molecule has 1 heterocycles. The van der Waals surface area contributed by atoms with Crippen molar-refractivity contribution >= 4 is 6.41 Å². The minimum atomic E-state index is 0.0826. The van der Waals surface area contributed by atoms with E-state index in [1.165, 1.54) is 0 Å². The van der Waals surface area contributed by atoms with Gasteiger partial charge in [0.15, 0.2) is 0 Å². The van der Waals surface area contributed by atoms with Crippen LogP contribution in [0, 0.1) is 0 Å². The SMILES string of the molecule is CC(C)N1CCN(C=O)C(c2ccc(O)cc2)C1. The zero-order valence-corrected chi connectivity index (χ0v) is 10.9. The number of hydrogen-bond acceptors (Lipinski definition) is 3. The first-order valence-corrected chi connectivity index (χ1v) is 6.36. The standard InChI is InChI=1S/C14H20N2O2/c1-11(2)15-7-8-16(10-17)14(9-15)12-3-5-13(18)6-4-12/h3-6,10-11,14,18H,7-9H2,1-2H3. The van der Waals surface area contributed by atoms with Crippen LogP contribution in [0.25, 0.3) is 0 Å². The molecule has 1 atom stereocenters. The molecule has 4 heteroatoms. The minimum absolute atomic E-state index is 0.0826. The first-order valence-electron chi connectivity index (χ1n) is 6.36. The van der Waals surface area contributed by atoms with E-state index in [0.717, 1.165) is 31.6 Å². The zero-order chi connectivity index (χ0) is 13.1. The van der Waals surface area contributed by atoms with Crippen LogP contribution in [0.5, 0.6) is 5.75 Å². The summed E-state index contributed by atoms with van der Waals surface area (Å²) < 4.78 is 0. The third-order valence-electron chi connectivity index (χ3n) is 3.60. The summed E-state index contributed by atoms with van der Waals surface area (Å²) in [6.07, 6.45) is 0.926. The van der Waals surface area contributed by atoms with E-state index in [0.29, 0.717) is 6.04 Å². The van der Waals surface area contributed by atoms with Crippen LogP contribution in [0.1, 0.15) is 25.5 Å². The van der Waals surface area contributed by atoms with Crippen LogP contribution >= 0.6 is 0 Å². The van der Waals surface area contributed by atoms with Crippen molar-refractivity contribution in [3.05, 3.63) is 29.8 Å². The molecule has 0 aliphatic carbocycles. The van der Waals surface area contributed by atoms with Crippen LogP contribution in [-0.2, 0) is 4.79 Å². The molecule has 0 bridgehead atoms. The highest BCUT2D eigenvalue weighted by atomic mass is 16.3. The summed E-state index contributed by atoms with van der Waals surface area (Å²) in [7, 11) is 0. The summed E-state index contributed by atoms with van der Waals surface area (Å²) in [5.41, 5.74) is 1.07. The average molecular weight is 248 g/mol. The first kappa shape index (κ1) is 12.9. The Morgan fingerprint density at radius 3 is 2.50 bits per heavy atom. The van der Waals surface area contributed by atoms with Crippen molar-refractivity contribution in [1.82, 2.24) is 9.80 Å². The quantitative estimate of drug-likeness (QED) is 0.827. The molecule has 1 N–H and O–H groups in total. The predicted octanol–water partition coefficient (Wildman–Crippen LogP) is 1.62. The largest absolute Gasteiger partial charge is 0.508 e. The second-order valence-electron chi connectivity index (χ2n) is 5.04. The van der Waals surface area contributed by atoms with Crippen molar-refractivity contribution in [2.24, 2.45) is 0 Å². The van der Waals surface area contributed by atoms with Crippen molar-refractivity contribution in [3.8, 4) is 5.75 Å². The molecular formula is C14H20N2O2. The molecule has 98 valence electrons. The van der Waals surface area contributed by atoms with Crippen molar-refractivity contribution < 1.29 is 9.90 Å². The molecule has 0 saturated carbocycles. The van der Waals surface area contributed by atoms with E-state index in [2.05, 4.69) is 18.7 Å². The summed E-state index contributed by atoms with van der Waals surface area (Å²) >= 11 is 0. The highest BCUT2D eigenvalue weighted by molar-refractivity contribution is 5.49. The fraction of sp³-hybridized carbons (Fsp3) is 0.500. The molecule has 4 nitrogen and oxygen atoms in total. The molecule has 1 aromatic carbocycles. The number of carbonyl (C=O) groups excluding carboxylic acids is 1. The second-order valence-corrected chi connectivity index (χ2v) is 5.04. The van der Waals surface area contributed by atoms with Gasteiger partial charge < -0.3 is 10.0 Å². The minimum Gasteiger partial charge on any atom is -0.508 e. The smallest absolute Gasteiger partial charge is 0.210 e. The Labute approximate surface area is 108 Å². The first-order chi connectivity index (χ1) is 8.61. The number of benzene rings is 1. The Bertz CT molecular complexity index is 403. The van der Waals surface area contributed by atoms with Crippen LogP contribution < -0.4 is 0 Å². The molecule has 1 saturated heterocycles. The second kappa shape index (κ2) is 5.40. The molecule has 1 aliphatic heterocycles. The van der Waals surface area contributed by atoms with Gasteiger partial charge in [-0.1, -0.05) is 12.1 Å². The molecule has 0 spiro atoms. The van der Waals surface area contributed by atoms with Crippen LogP contribution in [0.15, 0.2) is 24.3 Å². The fourth-order valence-corrected chi connectivity index (χ4v) is 2.41. The Balaban J connectivity index is 2.20. The van der Waals surface area contributed by atoms with Gasteiger partial charge in [-0.05, 0) is 31.5 Å². The number of carbonyl (C=O) groups is 1. The molecule has 1 aromatic rings. The van der Waals surface area contributed by atoms with E-state index in [9.17, 15) is 9.90 Å². The van der Waals surface area contributed by atoms with Gasteiger partial charge in [-0.15, -0.1) is 0 Å². The molecule has 1 unspecified atom stereocenters. The van der Waals surface area contributed by atoms with Crippen molar-refractivity contribution in [1.29, 1.82) is 0 Å². The summed E-state index contributed by atoms with van der Waals surface area (Å²) in [5, 5.41) is 9.32. The summed E-state index contributed by atoms with van der Waals surface area (Å²) in [6.45, 7) is 6.87. The van der Waals surface area contributed by atoms with Gasteiger partial charge >= 0.3 is 0 Å². The highest BCUT2D eigenvalue weighted by Gasteiger charge is 2.28. The monoisotopic (exact) mass is 248 g/mol.